The molecule has 3 aliphatic rings. The number of morpholine rings is 1. The molecule has 0 radical (unpaired) electrons. The number of carboxylic acid groups (broad SMARTS) is 1. The van der Waals surface area contributed by atoms with Gasteiger partial charge in [-0.15, -0.1) is 0 Å². The van der Waals surface area contributed by atoms with Gasteiger partial charge in [-0.3, -0.25) is 14.4 Å². The zero-order valence-electron chi connectivity index (χ0n) is 17.3. The van der Waals surface area contributed by atoms with Crippen molar-refractivity contribution in [3.63, 3.8) is 0 Å². The summed E-state index contributed by atoms with van der Waals surface area (Å²) in [7, 11) is -3.89. The Labute approximate surface area is 181 Å². The summed E-state index contributed by atoms with van der Waals surface area (Å²) < 4.78 is 28.7. The number of ether oxygens (including phenoxy) is 1. The summed E-state index contributed by atoms with van der Waals surface area (Å²) in [5.74, 6) is -0.133. The predicted molar refractivity (Wildman–Crippen MR) is 110 cm³/mol. The van der Waals surface area contributed by atoms with E-state index in [-0.39, 0.29) is 41.1 Å². The highest BCUT2D eigenvalue weighted by atomic mass is 32.2. The Morgan fingerprint density at radius 2 is 1.87 bits per heavy atom. The average Bonchev–Trinajstić information content (AvgIpc) is 3.31. The SMILES string of the molecule is Cc1ccc(S(N)(=O)=O)cc1C(=O)N1C[C@@H]2CC[C@H]1[C@@H]2C(=O)N1CCOCC1.O=CO. The number of piperidine rings is 1. The molecule has 31 heavy (non-hydrogen) atoms. The van der Waals surface area contributed by atoms with Gasteiger partial charge in [0.05, 0.1) is 24.0 Å². The fourth-order valence-corrected chi connectivity index (χ4v) is 5.30. The molecule has 3 atom stereocenters. The minimum absolute atomic E-state index is 0.0771. The Balaban J connectivity index is 0.000000858. The van der Waals surface area contributed by atoms with Crippen molar-refractivity contribution < 1.29 is 32.6 Å². The lowest BCUT2D eigenvalue weighted by atomic mass is 9.96. The van der Waals surface area contributed by atoms with E-state index in [1.54, 1.807) is 17.9 Å². The highest BCUT2D eigenvalue weighted by Gasteiger charge is 2.53. The van der Waals surface area contributed by atoms with E-state index < -0.39 is 10.0 Å². The quantitative estimate of drug-likeness (QED) is 0.615. The van der Waals surface area contributed by atoms with E-state index in [1.165, 1.54) is 12.1 Å². The molecule has 2 heterocycles. The third-order valence-electron chi connectivity index (χ3n) is 6.22. The summed E-state index contributed by atoms with van der Waals surface area (Å²) in [6.45, 7) is 4.34. The van der Waals surface area contributed by atoms with Crippen molar-refractivity contribution in [2.24, 2.45) is 17.0 Å². The van der Waals surface area contributed by atoms with Gasteiger partial charge in [-0.05, 0) is 43.4 Å². The minimum atomic E-state index is -3.89. The molecule has 1 aromatic rings. The van der Waals surface area contributed by atoms with Crippen LogP contribution >= 0.6 is 0 Å². The van der Waals surface area contributed by atoms with Crippen LogP contribution in [0.5, 0.6) is 0 Å². The normalized spacial score (nSPS) is 25.0. The number of likely N-dealkylation sites (tertiary alicyclic amines) is 1. The molecular formula is C20H27N3O7S. The van der Waals surface area contributed by atoms with Crippen molar-refractivity contribution >= 4 is 28.3 Å². The number of carbonyl (C=O) groups excluding carboxylic acids is 2. The van der Waals surface area contributed by atoms with Crippen LogP contribution in [0.25, 0.3) is 0 Å². The van der Waals surface area contributed by atoms with E-state index >= 15 is 0 Å². The van der Waals surface area contributed by atoms with Gasteiger partial charge in [-0.1, -0.05) is 6.07 Å². The average molecular weight is 454 g/mol. The van der Waals surface area contributed by atoms with Gasteiger partial charge >= 0.3 is 0 Å². The first-order valence-electron chi connectivity index (χ1n) is 10.1. The van der Waals surface area contributed by atoms with Crippen molar-refractivity contribution in [1.29, 1.82) is 0 Å². The molecule has 2 aliphatic heterocycles. The van der Waals surface area contributed by atoms with Gasteiger partial charge in [0.2, 0.25) is 15.9 Å². The molecule has 1 aliphatic carbocycles. The summed E-state index contributed by atoms with van der Waals surface area (Å²) >= 11 is 0. The van der Waals surface area contributed by atoms with Crippen molar-refractivity contribution in [3.05, 3.63) is 29.3 Å². The molecule has 3 fully saturated rings. The molecule has 10 nitrogen and oxygen atoms in total. The van der Waals surface area contributed by atoms with Crippen LogP contribution in [-0.2, 0) is 24.3 Å². The number of hydrogen-bond donors (Lipinski definition) is 2. The Morgan fingerprint density at radius 1 is 1.23 bits per heavy atom. The molecule has 0 unspecified atom stereocenters. The first-order valence-corrected chi connectivity index (χ1v) is 11.6. The number of carbonyl (C=O) groups is 3. The minimum Gasteiger partial charge on any atom is -0.483 e. The predicted octanol–water partition coefficient (Wildman–Crippen LogP) is 0.0526. The summed E-state index contributed by atoms with van der Waals surface area (Å²) in [5.41, 5.74) is 1.02. The monoisotopic (exact) mass is 453 g/mol. The van der Waals surface area contributed by atoms with Crippen LogP contribution in [0.3, 0.4) is 0 Å². The first-order chi connectivity index (χ1) is 14.7. The fourth-order valence-electron chi connectivity index (χ4n) is 4.76. The number of fused-ring (bicyclic) bond motifs is 2. The van der Waals surface area contributed by atoms with Crippen molar-refractivity contribution in [2.75, 3.05) is 32.8 Å². The Morgan fingerprint density at radius 3 is 2.48 bits per heavy atom. The molecule has 3 N–H and O–H groups in total. The summed E-state index contributed by atoms with van der Waals surface area (Å²) in [5, 5.41) is 12.1. The molecule has 0 spiro atoms. The van der Waals surface area contributed by atoms with Gasteiger partial charge in [-0.2, -0.15) is 0 Å². The molecule has 1 saturated carbocycles. The van der Waals surface area contributed by atoms with Gasteiger partial charge in [0.25, 0.3) is 12.4 Å². The molecule has 2 saturated heterocycles. The largest absolute Gasteiger partial charge is 0.483 e. The standard InChI is InChI=1S/C19H25N3O5S.CH2O2/c1-12-2-4-14(28(20,25)26)10-15(12)18(23)22-11-13-3-5-16(22)17(13)19(24)21-6-8-27-9-7-21;2-1-3/h2,4,10,13,16-17H,3,5-9,11H2,1H3,(H2,20,25,26);1H,(H,2,3)/t13-,16-,17+;/m0./s1. The van der Waals surface area contributed by atoms with Crippen molar-refractivity contribution in [3.8, 4) is 0 Å². The molecule has 170 valence electrons. The van der Waals surface area contributed by atoms with Gasteiger partial charge in [-0.25, -0.2) is 13.6 Å². The lowest BCUT2D eigenvalue weighted by molar-refractivity contribution is -0.140. The Kier molecular flexibility index (Phi) is 6.97. The molecule has 0 aromatic heterocycles. The van der Waals surface area contributed by atoms with Crippen LogP contribution in [0.2, 0.25) is 0 Å². The number of benzene rings is 1. The van der Waals surface area contributed by atoms with Crippen LogP contribution in [-0.4, -0.2) is 80.5 Å². The number of amides is 2. The number of nitrogens with two attached hydrogens (primary N) is 1. The van der Waals surface area contributed by atoms with E-state index in [4.69, 9.17) is 19.8 Å². The molecule has 11 heteroatoms. The summed E-state index contributed by atoms with van der Waals surface area (Å²) in [6.07, 6.45) is 1.73. The van der Waals surface area contributed by atoms with Crippen LogP contribution in [0.4, 0.5) is 0 Å². The van der Waals surface area contributed by atoms with Crippen molar-refractivity contribution in [1.82, 2.24) is 9.80 Å². The maximum atomic E-state index is 13.2. The van der Waals surface area contributed by atoms with E-state index in [2.05, 4.69) is 0 Å². The summed E-state index contributed by atoms with van der Waals surface area (Å²) in [4.78, 5) is 38.2. The van der Waals surface area contributed by atoms with E-state index in [0.717, 1.165) is 12.8 Å². The Bertz CT molecular complexity index is 960. The third-order valence-corrected chi connectivity index (χ3v) is 7.13. The lowest BCUT2D eigenvalue weighted by Crippen LogP contribution is -2.47. The van der Waals surface area contributed by atoms with Crippen LogP contribution in [0.15, 0.2) is 23.1 Å². The van der Waals surface area contributed by atoms with Gasteiger partial charge in [0, 0.05) is 31.2 Å². The smallest absolute Gasteiger partial charge is 0.290 e. The van der Waals surface area contributed by atoms with Gasteiger partial charge in [0.1, 0.15) is 0 Å². The molecule has 2 bridgehead atoms. The van der Waals surface area contributed by atoms with Crippen molar-refractivity contribution in [2.45, 2.75) is 30.7 Å². The second-order valence-corrected chi connectivity index (χ2v) is 9.51. The van der Waals surface area contributed by atoms with Gasteiger partial charge in [0.15, 0.2) is 0 Å². The number of primary sulfonamides is 1. The second-order valence-electron chi connectivity index (χ2n) is 7.95. The fraction of sp³-hybridized carbons (Fsp3) is 0.550. The van der Waals surface area contributed by atoms with Crippen LogP contribution < -0.4 is 5.14 Å². The number of aryl methyl sites for hydroxylation is 1. The molecule has 4 rings (SSSR count). The highest BCUT2D eigenvalue weighted by Crippen LogP contribution is 2.44. The maximum Gasteiger partial charge on any atom is 0.290 e. The third kappa shape index (κ3) is 4.73. The van der Waals surface area contributed by atoms with Gasteiger partial charge < -0.3 is 19.6 Å². The highest BCUT2D eigenvalue weighted by molar-refractivity contribution is 7.89. The number of hydrogen-bond acceptors (Lipinski definition) is 6. The lowest BCUT2D eigenvalue weighted by Gasteiger charge is -2.31. The van der Waals surface area contributed by atoms with Crippen LogP contribution in [0.1, 0.15) is 28.8 Å². The summed E-state index contributed by atoms with van der Waals surface area (Å²) in [6, 6.07) is 4.21. The molecule has 1 aromatic carbocycles. The van der Waals surface area contributed by atoms with Crippen LogP contribution in [0, 0.1) is 18.8 Å². The number of nitrogens with zero attached hydrogens (tertiary/aromatic N) is 2. The van der Waals surface area contributed by atoms with E-state index in [9.17, 15) is 18.0 Å². The topological polar surface area (TPSA) is 147 Å². The zero-order valence-corrected chi connectivity index (χ0v) is 18.1. The number of rotatable bonds is 3. The first kappa shape index (κ1) is 23.2. The number of sulfonamides is 1. The zero-order chi connectivity index (χ0) is 22.8. The maximum absolute atomic E-state index is 13.2. The molecule has 2 amide bonds. The molecular weight excluding hydrogens is 426 g/mol. The van der Waals surface area contributed by atoms with E-state index in [0.29, 0.717) is 44.0 Å². The van der Waals surface area contributed by atoms with E-state index in [1.807, 2.05) is 4.90 Å². The second kappa shape index (κ2) is 9.33. The Hall–Kier alpha value is -2.50.